The molecule has 7 nitrogen and oxygen atoms in total. The minimum absolute atomic E-state index is 0.00331. The maximum absolute atomic E-state index is 13.5. The van der Waals surface area contributed by atoms with E-state index in [2.05, 4.69) is 0 Å². The van der Waals surface area contributed by atoms with Gasteiger partial charge in [0.05, 0.1) is 25.3 Å². The Morgan fingerprint density at radius 2 is 1.52 bits per heavy atom. The second-order valence-corrected chi connectivity index (χ2v) is 9.97. The molecule has 4 aromatic carbocycles. The van der Waals surface area contributed by atoms with E-state index in [9.17, 15) is 14.7 Å². The van der Waals surface area contributed by atoms with Gasteiger partial charge in [0.2, 0.25) is 0 Å². The molecule has 0 saturated carbocycles. The summed E-state index contributed by atoms with van der Waals surface area (Å²) in [4.78, 5) is 28.5. The number of likely N-dealkylation sites (tertiary alicyclic amines) is 1. The van der Waals surface area contributed by atoms with Crippen molar-refractivity contribution in [3.8, 4) is 17.2 Å². The number of Topliss-reactive ketones (excluding diaryl/α,β-unsaturated/α-hetero) is 1. The third kappa shape index (κ3) is 6.15. The van der Waals surface area contributed by atoms with Crippen molar-refractivity contribution in [1.29, 1.82) is 0 Å². The van der Waals surface area contributed by atoms with Gasteiger partial charge in [-0.15, -0.1) is 0 Å². The zero-order valence-corrected chi connectivity index (χ0v) is 23.7. The van der Waals surface area contributed by atoms with Gasteiger partial charge in [-0.3, -0.25) is 9.59 Å². The van der Waals surface area contributed by atoms with E-state index in [-0.39, 0.29) is 17.9 Å². The number of hydrogen-bond acceptors (Lipinski definition) is 6. The lowest BCUT2D eigenvalue weighted by Gasteiger charge is -2.26. The summed E-state index contributed by atoms with van der Waals surface area (Å²) >= 11 is 0. The highest BCUT2D eigenvalue weighted by atomic mass is 16.5. The molecule has 0 radical (unpaired) electrons. The highest BCUT2D eigenvalue weighted by Gasteiger charge is 2.46. The van der Waals surface area contributed by atoms with Gasteiger partial charge >= 0.3 is 0 Å². The molecule has 1 aliphatic rings. The number of nitrogens with zero attached hydrogens (tertiary/aromatic N) is 1. The number of aliphatic hydroxyl groups excluding tert-OH is 1. The molecule has 1 atom stereocenters. The molecule has 1 aliphatic heterocycles. The van der Waals surface area contributed by atoms with Gasteiger partial charge < -0.3 is 24.2 Å². The van der Waals surface area contributed by atoms with E-state index in [1.165, 1.54) is 12.0 Å². The van der Waals surface area contributed by atoms with Crippen molar-refractivity contribution in [2.75, 3.05) is 13.7 Å². The highest BCUT2D eigenvalue weighted by Crippen LogP contribution is 2.43. The van der Waals surface area contributed by atoms with Gasteiger partial charge in [0.1, 0.15) is 18.1 Å². The standard InChI is InChI=1S/C35H33NO6/c1-3-19-41-28-16-10-15-27(20-28)33(37)31-32(36(35(39)34(31)38)22-24-11-6-4-7-12-24)26-17-18-29(30(21-26)40-2)42-23-25-13-8-5-9-14-25/h4-18,20-21,32,37H,3,19,22-23H2,1-2H3. The maximum Gasteiger partial charge on any atom is 0.295 e. The van der Waals surface area contributed by atoms with Crippen LogP contribution in [0.15, 0.2) is 109 Å². The van der Waals surface area contributed by atoms with Crippen molar-refractivity contribution in [3.63, 3.8) is 0 Å². The Kier molecular flexibility index (Phi) is 8.87. The molecule has 1 unspecified atom stereocenters. The van der Waals surface area contributed by atoms with Crippen LogP contribution in [0.1, 0.15) is 41.6 Å². The van der Waals surface area contributed by atoms with Crippen molar-refractivity contribution in [1.82, 2.24) is 4.90 Å². The number of ether oxygens (including phenoxy) is 3. The lowest BCUT2D eigenvalue weighted by Crippen LogP contribution is -2.29. The molecule has 0 aromatic heterocycles. The van der Waals surface area contributed by atoms with E-state index in [1.54, 1.807) is 42.5 Å². The normalized spacial score (nSPS) is 16.0. The third-order valence-electron chi connectivity index (χ3n) is 7.06. The number of methoxy groups -OCH3 is 1. The number of carbonyl (C=O) groups excluding carboxylic acids is 2. The molecule has 214 valence electrons. The molecule has 0 bridgehead atoms. The van der Waals surface area contributed by atoms with Gasteiger partial charge in [0, 0.05) is 12.1 Å². The van der Waals surface area contributed by atoms with Crippen LogP contribution < -0.4 is 14.2 Å². The molecular formula is C35H33NO6. The summed E-state index contributed by atoms with van der Waals surface area (Å²) in [5, 5.41) is 11.5. The quantitative estimate of drug-likeness (QED) is 0.124. The van der Waals surface area contributed by atoms with Crippen molar-refractivity contribution in [2.45, 2.75) is 32.5 Å². The molecular weight excluding hydrogens is 530 g/mol. The molecule has 7 heteroatoms. The lowest BCUT2D eigenvalue weighted by molar-refractivity contribution is -0.140. The van der Waals surface area contributed by atoms with Crippen LogP contribution in [-0.4, -0.2) is 35.4 Å². The van der Waals surface area contributed by atoms with Gasteiger partial charge in [-0.1, -0.05) is 85.8 Å². The van der Waals surface area contributed by atoms with Crippen LogP contribution in [0.5, 0.6) is 17.2 Å². The summed E-state index contributed by atoms with van der Waals surface area (Å²) in [6.45, 7) is 3.05. The number of hydrogen-bond donors (Lipinski definition) is 1. The Morgan fingerprint density at radius 3 is 2.21 bits per heavy atom. The van der Waals surface area contributed by atoms with Crippen molar-refractivity contribution < 1.29 is 28.9 Å². The summed E-state index contributed by atoms with van der Waals surface area (Å²) < 4.78 is 17.4. The van der Waals surface area contributed by atoms with Crippen LogP contribution in [0, 0.1) is 0 Å². The Labute approximate surface area is 245 Å². The maximum atomic E-state index is 13.5. The first-order valence-electron chi connectivity index (χ1n) is 13.9. The van der Waals surface area contributed by atoms with Crippen molar-refractivity contribution >= 4 is 17.4 Å². The minimum atomic E-state index is -0.859. The van der Waals surface area contributed by atoms with Gasteiger partial charge in [-0.2, -0.15) is 0 Å². The van der Waals surface area contributed by atoms with E-state index in [1.807, 2.05) is 67.6 Å². The van der Waals surface area contributed by atoms with E-state index in [0.29, 0.717) is 41.6 Å². The highest BCUT2D eigenvalue weighted by molar-refractivity contribution is 6.46. The Bertz CT molecular complexity index is 1580. The number of carbonyl (C=O) groups is 2. The third-order valence-corrected chi connectivity index (χ3v) is 7.06. The largest absolute Gasteiger partial charge is 0.507 e. The predicted octanol–water partition coefficient (Wildman–Crippen LogP) is 6.68. The molecule has 1 saturated heterocycles. The lowest BCUT2D eigenvalue weighted by atomic mass is 9.94. The fraction of sp³-hybridized carbons (Fsp3) is 0.200. The average molecular weight is 564 g/mol. The fourth-order valence-electron chi connectivity index (χ4n) is 4.99. The summed E-state index contributed by atoms with van der Waals surface area (Å²) in [7, 11) is 1.54. The number of rotatable bonds is 11. The number of aliphatic hydroxyl groups is 1. The second-order valence-electron chi connectivity index (χ2n) is 9.97. The summed E-state index contributed by atoms with van der Waals surface area (Å²) in [6, 6.07) is 30.6. The predicted molar refractivity (Wildman–Crippen MR) is 160 cm³/mol. The van der Waals surface area contributed by atoms with Crippen molar-refractivity contribution in [3.05, 3.63) is 131 Å². The Balaban J connectivity index is 1.56. The number of amides is 1. The first-order chi connectivity index (χ1) is 20.5. The molecule has 42 heavy (non-hydrogen) atoms. The van der Waals surface area contributed by atoms with Crippen LogP contribution in [0.4, 0.5) is 0 Å². The van der Waals surface area contributed by atoms with E-state index < -0.39 is 17.7 Å². The van der Waals surface area contributed by atoms with Crippen LogP contribution in [0.25, 0.3) is 5.76 Å². The fourth-order valence-corrected chi connectivity index (χ4v) is 4.99. The molecule has 4 aromatic rings. The smallest absolute Gasteiger partial charge is 0.295 e. The molecule has 1 fully saturated rings. The van der Waals surface area contributed by atoms with Gasteiger partial charge in [0.25, 0.3) is 11.7 Å². The summed E-state index contributed by atoms with van der Waals surface area (Å²) in [6.07, 6.45) is 0.827. The van der Waals surface area contributed by atoms with Crippen LogP contribution >= 0.6 is 0 Å². The molecule has 1 N–H and O–H groups in total. The minimum Gasteiger partial charge on any atom is -0.507 e. The van der Waals surface area contributed by atoms with Crippen molar-refractivity contribution in [2.24, 2.45) is 0 Å². The number of ketones is 1. The molecule has 1 amide bonds. The second kappa shape index (κ2) is 13.1. The molecule has 0 spiro atoms. The first-order valence-corrected chi connectivity index (χ1v) is 13.9. The van der Waals surface area contributed by atoms with Gasteiger partial charge in [0.15, 0.2) is 11.5 Å². The first kappa shape index (κ1) is 28.5. The SMILES string of the molecule is CCCOc1cccc(C(O)=C2C(=O)C(=O)N(Cc3ccccc3)C2c2ccc(OCc3ccccc3)c(OC)c2)c1. The molecule has 0 aliphatic carbocycles. The summed E-state index contributed by atoms with van der Waals surface area (Å²) in [5.74, 6) is -0.171. The summed E-state index contributed by atoms with van der Waals surface area (Å²) in [5.41, 5.74) is 2.86. The molecule has 1 heterocycles. The van der Waals surface area contributed by atoms with Gasteiger partial charge in [-0.25, -0.2) is 0 Å². The monoisotopic (exact) mass is 563 g/mol. The van der Waals surface area contributed by atoms with E-state index in [0.717, 1.165) is 17.5 Å². The Hall–Kier alpha value is -5.04. The van der Waals surface area contributed by atoms with Gasteiger partial charge in [-0.05, 0) is 47.4 Å². The van der Waals surface area contributed by atoms with Crippen LogP contribution in [-0.2, 0) is 22.7 Å². The topological polar surface area (TPSA) is 85.3 Å². The van der Waals surface area contributed by atoms with Crippen LogP contribution in [0.3, 0.4) is 0 Å². The number of benzene rings is 4. The Morgan fingerprint density at radius 1 is 0.810 bits per heavy atom. The van der Waals surface area contributed by atoms with Crippen LogP contribution in [0.2, 0.25) is 0 Å². The van der Waals surface area contributed by atoms with E-state index >= 15 is 0 Å². The zero-order chi connectivity index (χ0) is 29.5. The molecule has 5 rings (SSSR count). The zero-order valence-electron chi connectivity index (χ0n) is 23.7. The average Bonchev–Trinajstić information content (AvgIpc) is 3.28. The van der Waals surface area contributed by atoms with E-state index in [4.69, 9.17) is 14.2 Å².